The second-order valence-electron chi connectivity index (χ2n) is 2.27. The van der Waals surface area contributed by atoms with Crippen molar-refractivity contribution in [3.05, 3.63) is 39.9 Å². The predicted molar refractivity (Wildman–Crippen MR) is 40.8 cm³/mol. The monoisotopic (exact) mass is 169 g/mol. The van der Waals surface area contributed by atoms with Gasteiger partial charge in [0.05, 0.1) is 4.92 Å². The van der Waals surface area contributed by atoms with E-state index < -0.39 is 4.92 Å². The highest BCUT2D eigenvalue weighted by molar-refractivity contribution is 5.32. The summed E-state index contributed by atoms with van der Waals surface area (Å²) in [5, 5.41) is 10.2. The Morgan fingerprint density at radius 1 is 1.42 bits per heavy atom. The molecule has 0 atom stereocenters. The van der Waals surface area contributed by atoms with Crippen LogP contribution < -0.4 is 5.90 Å². The third-order valence-electron chi connectivity index (χ3n) is 1.42. The van der Waals surface area contributed by atoms with Crippen molar-refractivity contribution in [2.24, 2.45) is 0 Å². The summed E-state index contributed by atoms with van der Waals surface area (Å²) in [5.74, 6) is 3.20. The molecule has 0 heterocycles. The summed E-state index contributed by atoms with van der Waals surface area (Å²) in [7, 11) is 0. The molecule has 0 aliphatic carbocycles. The zero-order chi connectivity index (χ0) is 8.97. The largest absolute Gasteiger partial charge is 0.269 e. The Kier molecular flexibility index (Phi) is 2.73. The first-order valence-electron chi connectivity index (χ1n) is 3.34. The van der Waals surface area contributed by atoms with Crippen molar-refractivity contribution in [3.63, 3.8) is 0 Å². The van der Waals surface area contributed by atoms with Gasteiger partial charge in [-0.3, -0.25) is 10.1 Å². The maximum atomic E-state index is 10.2. The molecule has 1 aromatic rings. The first-order chi connectivity index (χ1) is 5.74. The fourth-order valence-electron chi connectivity index (χ4n) is 0.832. The molecule has 1 rings (SSSR count). The first-order valence-corrected chi connectivity index (χ1v) is 3.34. The van der Waals surface area contributed by atoms with Crippen LogP contribution in [0.1, 0.15) is 5.56 Å². The van der Waals surface area contributed by atoms with Crippen molar-refractivity contribution < 1.29 is 15.7 Å². The number of nitro groups is 1. The molecule has 12 heavy (non-hydrogen) atoms. The first kappa shape index (κ1) is 8.63. The third-order valence-corrected chi connectivity index (χ3v) is 1.42. The van der Waals surface area contributed by atoms with E-state index in [1.54, 1.807) is 12.1 Å². The topological polar surface area (TPSA) is 80.0 Å². The Hall–Kier alpha value is -1.46. The van der Waals surface area contributed by atoms with Crippen LogP contribution in [-0.2, 0) is 11.4 Å². The lowest BCUT2D eigenvalue weighted by atomic mass is 10.2. The van der Waals surface area contributed by atoms with Crippen LogP contribution in [0.25, 0.3) is 0 Å². The highest BCUT2D eigenvalue weighted by Crippen LogP contribution is 2.11. The van der Waals surface area contributed by atoms with Crippen LogP contribution in [0.4, 0.5) is 5.69 Å². The Balaban J connectivity index is 2.78. The fraction of sp³-hybridized carbons (Fsp3) is 0.143. The van der Waals surface area contributed by atoms with E-state index in [1.165, 1.54) is 12.1 Å². The molecular formula is C7H9N2O3+. The molecule has 0 bridgehead atoms. The number of non-ortho nitro benzene ring substituents is 1. The molecule has 0 saturated heterocycles. The normalized spacial score (nSPS) is 9.75. The predicted octanol–water partition coefficient (Wildman–Crippen LogP) is 0.268. The molecule has 0 amide bonds. The Morgan fingerprint density at radius 2 is 2.00 bits per heavy atom. The van der Waals surface area contributed by atoms with Crippen LogP contribution in [-0.4, -0.2) is 4.92 Å². The van der Waals surface area contributed by atoms with E-state index in [1.807, 2.05) is 0 Å². The molecule has 0 aliphatic rings. The second-order valence-corrected chi connectivity index (χ2v) is 2.27. The van der Waals surface area contributed by atoms with Crippen LogP contribution in [0.2, 0.25) is 0 Å². The Morgan fingerprint density at radius 3 is 2.42 bits per heavy atom. The van der Waals surface area contributed by atoms with Crippen molar-refractivity contribution in [2.45, 2.75) is 6.61 Å². The van der Waals surface area contributed by atoms with Crippen LogP contribution >= 0.6 is 0 Å². The van der Waals surface area contributed by atoms with E-state index in [-0.39, 0.29) is 5.69 Å². The summed E-state index contributed by atoms with van der Waals surface area (Å²) in [6.07, 6.45) is 0. The molecule has 0 radical (unpaired) electrons. The zero-order valence-corrected chi connectivity index (χ0v) is 6.40. The number of nitrogens with zero attached hydrogens (tertiary/aromatic N) is 1. The van der Waals surface area contributed by atoms with Crippen molar-refractivity contribution in [1.29, 1.82) is 0 Å². The zero-order valence-electron chi connectivity index (χ0n) is 6.40. The van der Waals surface area contributed by atoms with Gasteiger partial charge < -0.3 is 0 Å². The molecule has 0 unspecified atom stereocenters. The lowest BCUT2D eigenvalue weighted by Crippen LogP contribution is -2.48. The number of quaternary nitrogens is 1. The molecule has 5 nitrogen and oxygen atoms in total. The lowest BCUT2D eigenvalue weighted by Gasteiger charge is -1.95. The van der Waals surface area contributed by atoms with Crippen molar-refractivity contribution >= 4 is 5.69 Å². The molecule has 0 fully saturated rings. The molecule has 0 aromatic heterocycles. The minimum absolute atomic E-state index is 0.0859. The Labute approximate surface area is 68.9 Å². The minimum Gasteiger partial charge on any atom is -0.258 e. The average molecular weight is 169 g/mol. The van der Waals surface area contributed by atoms with E-state index in [4.69, 9.17) is 0 Å². The van der Waals surface area contributed by atoms with Gasteiger partial charge in [-0.1, -0.05) is 0 Å². The standard InChI is InChI=1S/C7H9N2O3/c8-12-5-6-1-3-7(4-2-6)9(10)11/h1-4H,5H2,8H3/q+1. The van der Waals surface area contributed by atoms with Gasteiger partial charge in [-0.05, 0) is 17.7 Å². The summed E-state index contributed by atoms with van der Waals surface area (Å²) in [6, 6.07) is 6.16. The number of rotatable bonds is 3. The highest BCUT2D eigenvalue weighted by Gasteiger charge is 2.03. The van der Waals surface area contributed by atoms with Gasteiger partial charge in [0.2, 0.25) is 0 Å². The number of benzene rings is 1. The summed E-state index contributed by atoms with van der Waals surface area (Å²) in [6.45, 7) is 0.373. The maximum Gasteiger partial charge on any atom is 0.269 e. The lowest BCUT2D eigenvalue weighted by molar-refractivity contribution is -0.695. The highest BCUT2D eigenvalue weighted by atomic mass is 16.6. The van der Waals surface area contributed by atoms with Gasteiger partial charge in [-0.25, -0.2) is 10.7 Å². The minimum atomic E-state index is -0.436. The van der Waals surface area contributed by atoms with E-state index in [0.29, 0.717) is 6.61 Å². The van der Waals surface area contributed by atoms with Crippen molar-refractivity contribution in [2.75, 3.05) is 0 Å². The molecule has 64 valence electrons. The third kappa shape index (κ3) is 2.01. The van der Waals surface area contributed by atoms with E-state index in [2.05, 4.69) is 10.7 Å². The fourth-order valence-corrected chi connectivity index (χ4v) is 0.832. The number of hydrogen-bond donors (Lipinski definition) is 1. The maximum absolute atomic E-state index is 10.2. The van der Waals surface area contributed by atoms with Crippen LogP contribution in [0, 0.1) is 10.1 Å². The number of hydrogen-bond acceptors (Lipinski definition) is 3. The van der Waals surface area contributed by atoms with Gasteiger partial charge in [0.1, 0.15) is 6.61 Å². The molecule has 1 aromatic carbocycles. The van der Waals surface area contributed by atoms with Crippen LogP contribution in [0.15, 0.2) is 24.3 Å². The second kappa shape index (κ2) is 3.80. The van der Waals surface area contributed by atoms with E-state index >= 15 is 0 Å². The summed E-state index contributed by atoms with van der Waals surface area (Å²) >= 11 is 0. The SMILES string of the molecule is [NH3+]OCc1ccc([N+](=O)[O-])cc1. The molecule has 0 saturated carbocycles. The van der Waals surface area contributed by atoms with Gasteiger partial charge in [0, 0.05) is 12.1 Å². The summed E-state index contributed by atoms with van der Waals surface area (Å²) in [5.41, 5.74) is 0.957. The molecule has 0 aliphatic heterocycles. The van der Waals surface area contributed by atoms with E-state index in [9.17, 15) is 10.1 Å². The average Bonchev–Trinajstić information content (AvgIpc) is 2.06. The van der Waals surface area contributed by atoms with Gasteiger partial charge >= 0.3 is 0 Å². The van der Waals surface area contributed by atoms with Crippen molar-refractivity contribution in [3.8, 4) is 0 Å². The number of nitro benzene ring substituents is 1. The molecule has 0 spiro atoms. The van der Waals surface area contributed by atoms with E-state index in [0.717, 1.165) is 5.56 Å². The molecule has 3 N–H and O–H groups in total. The van der Waals surface area contributed by atoms with Crippen molar-refractivity contribution in [1.82, 2.24) is 0 Å². The summed E-state index contributed by atoms with van der Waals surface area (Å²) in [4.78, 5) is 14.4. The van der Waals surface area contributed by atoms with Gasteiger partial charge in [-0.15, -0.1) is 0 Å². The Bertz CT molecular complexity index is 270. The van der Waals surface area contributed by atoms with Gasteiger partial charge in [0.25, 0.3) is 5.69 Å². The smallest absolute Gasteiger partial charge is 0.258 e. The van der Waals surface area contributed by atoms with Gasteiger partial charge in [0.15, 0.2) is 0 Å². The van der Waals surface area contributed by atoms with Crippen LogP contribution in [0.3, 0.4) is 0 Å². The molecule has 5 heteroatoms. The molecular weight excluding hydrogens is 160 g/mol. The van der Waals surface area contributed by atoms with Gasteiger partial charge in [-0.2, -0.15) is 0 Å². The van der Waals surface area contributed by atoms with Crippen LogP contribution in [0.5, 0.6) is 0 Å². The quantitative estimate of drug-likeness (QED) is 0.520. The summed E-state index contributed by atoms with van der Waals surface area (Å²) < 4.78 is 0.